The van der Waals surface area contributed by atoms with E-state index in [0.29, 0.717) is 35.6 Å². The monoisotopic (exact) mass is 523 g/mol. The van der Waals surface area contributed by atoms with Gasteiger partial charge < -0.3 is 20.3 Å². The molecule has 1 aliphatic heterocycles. The third-order valence-corrected chi connectivity index (χ3v) is 7.11. The first-order chi connectivity index (χ1) is 19.0. The lowest BCUT2D eigenvalue weighted by Gasteiger charge is -2.18. The first kappa shape index (κ1) is 24.7. The van der Waals surface area contributed by atoms with Crippen LogP contribution in [0.5, 0.6) is 11.6 Å². The second-order valence-electron chi connectivity index (χ2n) is 9.85. The standard InChI is InChI=1S/C28H29N9O2/c1-18-12-19(6-9-24(18)39-27-14-25-35-32-17-37(25)16-31-27)34-28-22-13-20(5-8-23(22)29-15-30-28)33-26(38)10-7-21-4-3-11-36(21)2/h5-6,8-9,12-17,21H,3-4,7,10-11H2,1-2H3,(H,33,38)(H,29,30,34)/t21-/m0/s1. The number of hydrogen-bond donors (Lipinski definition) is 2. The highest BCUT2D eigenvalue weighted by molar-refractivity contribution is 5.97. The van der Waals surface area contributed by atoms with E-state index in [1.165, 1.54) is 12.7 Å². The third kappa shape index (κ3) is 5.48. The van der Waals surface area contributed by atoms with Gasteiger partial charge >= 0.3 is 0 Å². The normalized spacial score (nSPS) is 15.6. The van der Waals surface area contributed by atoms with Crippen LogP contribution in [-0.2, 0) is 4.79 Å². The maximum absolute atomic E-state index is 12.6. The summed E-state index contributed by atoms with van der Waals surface area (Å²) in [6.45, 7) is 3.07. The van der Waals surface area contributed by atoms with Crippen LogP contribution >= 0.6 is 0 Å². The summed E-state index contributed by atoms with van der Waals surface area (Å²) < 4.78 is 7.70. The Hall–Kier alpha value is -4.64. The van der Waals surface area contributed by atoms with E-state index in [1.807, 2.05) is 43.3 Å². The van der Waals surface area contributed by atoms with Crippen molar-refractivity contribution in [2.45, 2.75) is 38.6 Å². The second-order valence-corrected chi connectivity index (χ2v) is 9.85. The van der Waals surface area contributed by atoms with Crippen LogP contribution in [0.4, 0.5) is 17.2 Å². The summed E-state index contributed by atoms with van der Waals surface area (Å²) in [4.78, 5) is 28.1. The summed E-state index contributed by atoms with van der Waals surface area (Å²) in [5, 5.41) is 15.1. The highest BCUT2D eigenvalue weighted by atomic mass is 16.5. The predicted molar refractivity (Wildman–Crippen MR) is 148 cm³/mol. The molecule has 1 amide bonds. The number of rotatable bonds is 8. The summed E-state index contributed by atoms with van der Waals surface area (Å²) in [6.07, 6.45) is 8.46. The zero-order chi connectivity index (χ0) is 26.8. The summed E-state index contributed by atoms with van der Waals surface area (Å²) >= 11 is 0. The van der Waals surface area contributed by atoms with Crippen LogP contribution in [0.1, 0.15) is 31.2 Å². The van der Waals surface area contributed by atoms with Gasteiger partial charge in [-0.1, -0.05) is 0 Å². The van der Waals surface area contributed by atoms with Gasteiger partial charge in [-0.2, -0.15) is 0 Å². The molecule has 2 N–H and O–H groups in total. The molecule has 0 radical (unpaired) electrons. The number of benzene rings is 2. The highest BCUT2D eigenvalue weighted by Crippen LogP contribution is 2.30. The van der Waals surface area contributed by atoms with E-state index in [9.17, 15) is 4.79 Å². The topological polar surface area (TPSA) is 122 Å². The molecule has 11 nitrogen and oxygen atoms in total. The Morgan fingerprint density at radius 1 is 1.08 bits per heavy atom. The van der Waals surface area contributed by atoms with Crippen molar-refractivity contribution in [2.24, 2.45) is 0 Å². The van der Waals surface area contributed by atoms with E-state index in [0.717, 1.165) is 47.2 Å². The summed E-state index contributed by atoms with van der Waals surface area (Å²) in [5.41, 5.74) is 3.92. The van der Waals surface area contributed by atoms with Crippen LogP contribution in [0.3, 0.4) is 0 Å². The van der Waals surface area contributed by atoms with Gasteiger partial charge in [0, 0.05) is 35.3 Å². The maximum Gasteiger partial charge on any atom is 0.224 e. The van der Waals surface area contributed by atoms with Crippen molar-refractivity contribution in [1.82, 2.24) is 34.4 Å². The molecule has 11 heteroatoms. The van der Waals surface area contributed by atoms with Crippen LogP contribution in [0.2, 0.25) is 0 Å². The van der Waals surface area contributed by atoms with E-state index >= 15 is 0 Å². The van der Waals surface area contributed by atoms with E-state index in [4.69, 9.17) is 4.74 Å². The molecular weight excluding hydrogens is 494 g/mol. The molecule has 0 bridgehead atoms. The number of hydrogen-bond acceptors (Lipinski definition) is 9. The number of ether oxygens (including phenoxy) is 1. The van der Waals surface area contributed by atoms with Crippen molar-refractivity contribution in [2.75, 3.05) is 24.2 Å². The van der Waals surface area contributed by atoms with Gasteiger partial charge in [-0.25, -0.2) is 15.0 Å². The molecule has 6 rings (SSSR count). The molecule has 0 saturated carbocycles. The van der Waals surface area contributed by atoms with Gasteiger partial charge in [-0.3, -0.25) is 9.20 Å². The molecule has 0 spiro atoms. The minimum absolute atomic E-state index is 0.0184. The number of nitrogens with one attached hydrogen (secondary N) is 2. The first-order valence-electron chi connectivity index (χ1n) is 13.0. The Bertz CT molecular complexity index is 1650. The molecule has 0 unspecified atom stereocenters. The van der Waals surface area contributed by atoms with E-state index < -0.39 is 0 Å². The van der Waals surface area contributed by atoms with Crippen molar-refractivity contribution in [3.05, 3.63) is 67.0 Å². The summed E-state index contributed by atoms with van der Waals surface area (Å²) in [7, 11) is 2.13. The number of aromatic nitrogens is 6. The van der Waals surface area contributed by atoms with Gasteiger partial charge in [-0.05, 0) is 81.7 Å². The number of anilines is 3. The van der Waals surface area contributed by atoms with Crippen LogP contribution in [0.15, 0.2) is 61.4 Å². The molecular formula is C28H29N9O2. The van der Waals surface area contributed by atoms with Crippen molar-refractivity contribution in [1.29, 1.82) is 0 Å². The maximum atomic E-state index is 12.6. The fraction of sp³-hybridized carbons (Fsp3) is 0.286. The average Bonchev–Trinajstić information content (AvgIpc) is 3.57. The molecule has 4 heterocycles. The number of amides is 1. The van der Waals surface area contributed by atoms with Crippen molar-refractivity contribution in [3.63, 3.8) is 0 Å². The van der Waals surface area contributed by atoms with Crippen molar-refractivity contribution >= 4 is 39.6 Å². The summed E-state index contributed by atoms with van der Waals surface area (Å²) in [6, 6.07) is 13.7. The minimum atomic E-state index is 0.0184. The number of carbonyl (C=O) groups excluding carboxylic acids is 1. The fourth-order valence-corrected chi connectivity index (χ4v) is 4.96. The highest BCUT2D eigenvalue weighted by Gasteiger charge is 2.21. The largest absolute Gasteiger partial charge is 0.439 e. The van der Waals surface area contributed by atoms with Gasteiger partial charge in [0.1, 0.15) is 30.5 Å². The molecule has 0 aliphatic carbocycles. The van der Waals surface area contributed by atoms with Crippen LogP contribution < -0.4 is 15.4 Å². The molecule has 198 valence electrons. The van der Waals surface area contributed by atoms with Crippen LogP contribution in [-0.4, -0.2) is 60.0 Å². The minimum Gasteiger partial charge on any atom is -0.439 e. The Kier molecular flexibility index (Phi) is 6.72. The van der Waals surface area contributed by atoms with Gasteiger partial charge in [-0.15, -0.1) is 10.2 Å². The van der Waals surface area contributed by atoms with Crippen molar-refractivity contribution in [3.8, 4) is 11.6 Å². The Balaban J connectivity index is 1.15. The molecule has 39 heavy (non-hydrogen) atoms. The molecule has 5 aromatic rings. The Morgan fingerprint density at radius 3 is 2.82 bits per heavy atom. The number of aryl methyl sites for hydroxylation is 1. The van der Waals surface area contributed by atoms with Crippen molar-refractivity contribution < 1.29 is 9.53 Å². The lowest BCUT2D eigenvalue weighted by atomic mass is 10.1. The summed E-state index contributed by atoms with van der Waals surface area (Å²) in [5.74, 6) is 1.78. The zero-order valence-electron chi connectivity index (χ0n) is 21.8. The Labute approximate surface area is 225 Å². The number of carbonyl (C=O) groups is 1. The van der Waals surface area contributed by atoms with Gasteiger partial charge in [0.15, 0.2) is 5.65 Å². The van der Waals surface area contributed by atoms with E-state index in [-0.39, 0.29) is 5.91 Å². The van der Waals surface area contributed by atoms with Crippen LogP contribution in [0, 0.1) is 6.92 Å². The number of nitrogens with zero attached hydrogens (tertiary/aromatic N) is 7. The van der Waals surface area contributed by atoms with Gasteiger partial charge in [0.2, 0.25) is 11.8 Å². The fourth-order valence-electron chi connectivity index (χ4n) is 4.96. The molecule has 2 aromatic carbocycles. The smallest absolute Gasteiger partial charge is 0.224 e. The van der Waals surface area contributed by atoms with E-state index in [2.05, 4.69) is 47.7 Å². The van der Waals surface area contributed by atoms with Crippen LogP contribution in [0.25, 0.3) is 16.6 Å². The third-order valence-electron chi connectivity index (χ3n) is 7.11. The zero-order valence-corrected chi connectivity index (χ0v) is 21.8. The molecule has 1 fully saturated rings. The Morgan fingerprint density at radius 2 is 1.97 bits per heavy atom. The molecule has 1 aliphatic rings. The number of fused-ring (bicyclic) bond motifs is 2. The molecule has 1 saturated heterocycles. The second kappa shape index (κ2) is 10.6. The molecule has 3 aromatic heterocycles. The van der Waals surface area contributed by atoms with Gasteiger partial charge in [0.25, 0.3) is 0 Å². The van der Waals surface area contributed by atoms with Gasteiger partial charge in [0.05, 0.1) is 5.52 Å². The lowest BCUT2D eigenvalue weighted by Crippen LogP contribution is -2.26. The van der Waals surface area contributed by atoms with E-state index in [1.54, 1.807) is 23.1 Å². The lowest BCUT2D eigenvalue weighted by molar-refractivity contribution is -0.116. The first-order valence-corrected chi connectivity index (χ1v) is 13.0. The SMILES string of the molecule is Cc1cc(Nc2ncnc3ccc(NC(=O)CC[C@@H]4CCCN4C)cc23)ccc1Oc1cc2nncn2cn1. The number of likely N-dealkylation sites (tertiary alicyclic amines) is 1. The predicted octanol–water partition coefficient (Wildman–Crippen LogP) is 4.72. The quantitative estimate of drug-likeness (QED) is 0.297. The average molecular weight is 524 g/mol. The molecule has 1 atom stereocenters.